The number of rotatable bonds is 8. The molecule has 0 amide bonds. The molecule has 1 aliphatic carbocycles. The van der Waals surface area contributed by atoms with E-state index in [4.69, 9.17) is 0 Å². The fourth-order valence-electron chi connectivity index (χ4n) is 1.68. The van der Waals surface area contributed by atoms with Crippen LogP contribution in [-0.2, 0) is 6.54 Å². The maximum absolute atomic E-state index is 4.50. The van der Waals surface area contributed by atoms with Crippen molar-refractivity contribution in [1.82, 2.24) is 10.3 Å². The molecule has 94 valence electrons. The molecule has 1 N–H and O–H groups in total. The van der Waals surface area contributed by atoms with Crippen LogP contribution in [0.1, 0.15) is 44.6 Å². The van der Waals surface area contributed by atoms with Gasteiger partial charge in [-0.05, 0) is 36.6 Å². The van der Waals surface area contributed by atoms with Gasteiger partial charge in [0, 0.05) is 18.8 Å². The largest absolute Gasteiger partial charge is 0.310 e. The Morgan fingerprint density at radius 1 is 1.35 bits per heavy atom. The molecule has 0 saturated heterocycles. The molecule has 1 heterocycles. The van der Waals surface area contributed by atoms with Crippen LogP contribution in [0.3, 0.4) is 0 Å². The monoisotopic (exact) mass is 250 g/mol. The summed E-state index contributed by atoms with van der Waals surface area (Å²) < 4.78 is 0. The van der Waals surface area contributed by atoms with E-state index in [9.17, 15) is 0 Å². The van der Waals surface area contributed by atoms with E-state index in [0.717, 1.165) is 17.6 Å². The second-order valence-electron chi connectivity index (χ2n) is 4.72. The summed E-state index contributed by atoms with van der Waals surface area (Å²) >= 11 is 1.87. The smallest absolute Gasteiger partial charge is 0.0960 e. The van der Waals surface area contributed by atoms with Crippen LogP contribution in [0.5, 0.6) is 0 Å². The summed E-state index contributed by atoms with van der Waals surface area (Å²) in [7, 11) is 0. The third-order valence-corrected chi connectivity index (χ3v) is 4.00. The predicted octanol–water partition coefficient (Wildman–Crippen LogP) is 3.62. The normalized spacial score (nSPS) is 15.1. The highest BCUT2D eigenvalue weighted by Gasteiger charge is 2.19. The SMILES string of the molecule is CCCCCSc1ccc(CNC2CC2)cn1. The zero-order valence-electron chi connectivity index (χ0n) is 10.6. The van der Waals surface area contributed by atoms with E-state index in [1.165, 1.54) is 43.4 Å². The summed E-state index contributed by atoms with van der Waals surface area (Å²) in [5, 5.41) is 4.67. The Labute approximate surface area is 109 Å². The number of pyridine rings is 1. The molecular formula is C14H22N2S. The quantitative estimate of drug-likeness (QED) is 0.563. The Kier molecular flexibility index (Phi) is 5.33. The van der Waals surface area contributed by atoms with Gasteiger partial charge in [-0.2, -0.15) is 0 Å². The summed E-state index contributed by atoms with van der Waals surface area (Å²) in [6.07, 6.45) is 8.62. The Bertz CT molecular complexity index is 319. The van der Waals surface area contributed by atoms with Gasteiger partial charge in [0.15, 0.2) is 0 Å². The molecule has 1 aromatic heterocycles. The average Bonchev–Trinajstić information content (AvgIpc) is 3.18. The lowest BCUT2D eigenvalue weighted by atomic mass is 10.3. The van der Waals surface area contributed by atoms with E-state index in [1.807, 2.05) is 18.0 Å². The Hall–Kier alpha value is -0.540. The lowest BCUT2D eigenvalue weighted by Gasteiger charge is -2.04. The standard InChI is InChI=1S/C14H22N2S/c1-2-3-4-9-17-14-8-5-12(11-16-14)10-15-13-6-7-13/h5,8,11,13,15H,2-4,6-7,9-10H2,1H3. The molecule has 1 aliphatic rings. The van der Waals surface area contributed by atoms with Gasteiger partial charge in [-0.3, -0.25) is 0 Å². The molecule has 0 unspecified atom stereocenters. The van der Waals surface area contributed by atoms with Gasteiger partial charge in [0.05, 0.1) is 5.03 Å². The average molecular weight is 250 g/mol. The highest BCUT2D eigenvalue weighted by atomic mass is 32.2. The number of hydrogen-bond acceptors (Lipinski definition) is 3. The number of thioether (sulfide) groups is 1. The van der Waals surface area contributed by atoms with E-state index in [1.54, 1.807) is 0 Å². The van der Waals surface area contributed by atoms with Crippen molar-refractivity contribution in [3.8, 4) is 0 Å². The maximum atomic E-state index is 4.50. The Morgan fingerprint density at radius 3 is 2.88 bits per heavy atom. The van der Waals surface area contributed by atoms with Crippen molar-refractivity contribution in [1.29, 1.82) is 0 Å². The summed E-state index contributed by atoms with van der Waals surface area (Å²) in [6.45, 7) is 3.21. The third-order valence-electron chi connectivity index (χ3n) is 2.97. The van der Waals surface area contributed by atoms with Gasteiger partial charge in [0.25, 0.3) is 0 Å². The molecular weight excluding hydrogens is 228 g/mol. The molecule has 2 rings (SSSR count). The lowest BCUT2D eigenvalue weighted by molar-refractivity contribution is 0.685. The van der Waals surface area contributed by atoms with Crippen molar-refractivity contribution in [3.05, 3.63) is 23.9 Å². The van der Waals surface area contributed by atoms with Crippen molar-refractivity contribution >= 4 is 11.8 Å². The number of nitrogens with one attached hydrogen (secondary N) is 1. The molecule has 0 aliphatic heterocycles. The van der Waals surface area contributed by atoms with Crippen LogP contribution in [0, 0.1) is 0 Å². The Morgan fingerprint density at radius 2 is 2.24 bits per heavy atom. The lowest BCUT2D eigenvalue weighted by Crippen LogP contribution is -2.15. The molecule has 1 aromatic rings. The highest BCUT2D eigenvalue weighted by molar-refractivity contribution is 7.99. The van der Waals surface area contributed by atoms with Gasteiger partial charge in [0.1, 0.15) is 0 Å². The summed E-state index contributed by atoms with van der Waals surface area (Å²) in [5.41, 5.74) is 1.30. The van der Waals surface area contributed by atoms with Crippen LogP contribution in [0.25, 0.3) is 0 Å². The minimum atomic E-state index is 0.776. The van der Waals surface area contributed by atoms with E-state index < -0.39 is 0 Å². The van der Waals surface area contributed by atoms with Crippen molar-refractivity contribution in [2.75, 3.05) is 5.75 Å². The first-order valence-corrected chi connectivity index (χ1v) is 7.68. The molecule has 3 heteroatoms. The zero-order valence-corrected chi connectivity index (χ0v) is 11.4. The van der Waals surface area contributed by atoms with Crippen LogP contribution in [0.2, 0.25) is 0 Å². The second kappa shape index (κ2) is 7.02. The molecule has 1 fully saturated rings. The highest BCUT2D eigenvalue weighted by Crippen LogP contribution is 2.20. The van der Waals surface area contributed by atoms with Crippen LogP contribution < -0.4 is 5.32 Å². The zero-order chi connectivity index (χ0) is 11.9. The first-order valence-electron chi connectivity index (χ1n) is 6.69. The van der Waals surface area contributed by atoms with Gasteiger partial charge in [-0.15, -0.1) is 11.8 Å². The summed E-state index contributed by atoms with van der Waals surface area (Å²) in [5.74, 6) is 1.19. The number of unbranched alkanes of at least 4 members (excludes halogenated alkanes) is 2. The minimum Gasteiger partial charge on any atom is -0.310 e. The van der Waals surface area contributed by atoms with Gasteiger partial charge in [0.2, 0.25) is 0 Å². The van der Waals surface area contributed by atoms with Crippen molar-refractivity contribution in [2.24, 2.45) is 0 Å². The molecule has 0 atom stereocenters. The number of aromatic nitrogens is 1. The number of nitrogens with zero attached hydrogens (tertiary/aromatic N) is 1. The van der Waals surface area contributed by atoms with Gasteiger partial charge >= 0.3 is 0 Å². The van der Waals surface area contributed by atoms with Gasteiger partial charge in [-0.25, -0.2) is 4.98 Å². The fraction of sp³-hybridized carbons (Fsp3) is 0.643. The number of hydrogen-bond donors (Lipinski definition) is 1. The molecule has 1 saturated carbocycles. The van der Waals surface area contributed by atoms with E-state index in [2.05, 4.69) is 29.4 Å². The van der Waals surface area contributed by atoms with Crippen LogP contribution in [-0.4, -0.2) is 16.8 Å². The fourth-order valence-corrected chi connectivity index (χ4v) is 2.53. The molecule has 0 spiro atoms. The Balaban J connectivity index is 1.68. The van der Waals surface area contributed by atoms with Crippen LogP contribution in [0.15, 0.2) is 23.4 Å². The molecule has 2 nitrogen and oxygen atoms in total. The molecule has 17 heavy (non-hydrogen) atoms. The van der Waals surface area contributed by atoms with Crippen molar-refractivity contribution < 1.29 is 0 Å². The summed E-state index contributed by atoms with van der Waals surface area (Å²) in [4.78, 5) is 4.50. The maximum Gasteiger partial charge on any atom is 0.0960 e. The van der Waals surface area contributed by atoms with Crippen molar-refractivity contribution in [3.63, 3.8) is 0 Å². The van der Waals surface area contributed by atoms with E-state index in [0.29, 0.717) is 0 Å². The second-order valence-corrected chi connectivity index (χ2v) is 5.83. The van der Waals surface area contributed by atoms with Crippen LogP contribution in [0.4, 0.5) is 0 Å². The molecule has 0 aromatic carbocycles. The third kappa shape index (κ3) is 5.09. The predicted molar refractivity (Wildman–Crippen MR) is 74.3 cm³/mol. The minimum absolute atomic E-state index is 0.776. The van der Waals surface area contributed by atoms with Crippen molar-refractivity contribution in [2.45, 2.75) is 56.6 Å². The van der Waals surface area contributed by atoms with E-state index >= 15 is 0 Å². The van der Waals surface area contributed by atoms with Gasteiger partial charge < -0.3 is 5.32 Å². The first kappa shape index (κ1) is 12.9. The van der Waals surface area contributed by atoms with Gasteiger partial charge in [-0.1, -0.05) is 25.8 Å². The molecule has 0 radical (unpaired) electrons. The topological polar surface area (TPSA) is 24.9 Å². The van der Waals surface area contributed by atoms with E-state index in [-0.39, 0.29) is 0 Å². The van der Waals surface area contributed by atoms with Crippen LogP contribution >= 0.6 is 11.8 Å². The first-order chi connectivity index (χ1) is 8.38. The summed E-state index contributed by atoms with van der Waals surface area (Å²) in [6, 6.07) is 5.13. The molecule has 0 bridgehead atoms.